The fraction of sp³-hybridized carbons (Fsp3) is 0. The summed E-state index contributed by atoms with van der Waals surface area (Å²) in [7, 11) is 0. The Labute approximate surface area is 106 Å². The normalized spacial score (nSPS) is 10.7. The average molecular weight is 255 g/mol. The van der Waals surface area contributed by atoms with Crippen molar-refractivity contribution in [2.45, 2.75) is 0 Å². The van der Waals surface area contributed by atoms with Gasteiger partial charge in [-0.1, -0.05) is 12.1 Å². The van der Waals surface area contributed by atoms with E-state index in [-0.39, 0.29) is 11.0 Å². The van der Waals surface area contributed by atoms with Crippen molar-refractivity contribution < 1.29 is 9.90 Å². The van der Waals surface area contributed by atoms with Crippen LogP contribution >= 0.6 is 0 Å². The van der Waals surface area contributed by atoms with Gasteiger partial charge in [-0.2, -0.15) is 0 Å². The highest BCUT2D eigenvalue weighted by Gasteiger charge is 2.06. The predicted molar refractivity (Wildman–Crippen MR) is 68.2 cm³/mol. The van der Waals surface area contributed by atoms with E-state index in [4.69, 9.17) is 5.11 Å². The number of carboxylic acids is 1. The summed E-state index contributed by atoms with van der Waals surface area (Å²) in [4.78, 5) is 26.3. The van der Waals surface area contributed by atoms with Crippen LogP contribution in [0.25, 0.3) is 17.0 Å². The summed E-state index contributed by atoms with van der Waals surface area (Å²) < 4.78 is 1.63. The van der Waals surface area contributed by atoms with E-state index in [0.717, 1.165) is 5.56 Å². The van der Waals surface area contributed by atoms with E-state index in [2.05, 4.69) is 10.1 Å². The number of H-pyrrole nitrogens is 1. The van der Waals surface area contributed by atoms with Crippen molar-refractivity contribution in [1.82, 2.24) is 14.6 Å². The molecule has 94 valence electrons. The molecule has 0 saturated heterocycles. The fourth-order valence-electron chi connectivity index (χ4n) is 1.80. The molecule has 0 aliphatic heterocycles. The van der Waals surface area contributed by atoms with Gasteiger partial charge in [-0.15, -0.1) is 0 Å². The van der Waals surface area contributed by atoms with E-state index in [1.54, 1.807) is 22.8 Å². The number of hydrogen-bond donors (Lipinski definition) is 2. The molecule has 0 spiro atoms. The van der Waals surface area contributed by atoms with E-state index in [9.17, 15) is 9.59 Å². The number of hydrogen-bond acceptors (Lipinski definition) is 3. The average Bonchev–Trinajstić information content (AvgIpc) is 2.81. The molecule has 3 rings (SSSR count). The lowest BCUT2D eigenvalue weighted by Gasteiger charge is -1.97. The number of benzene rings is 1. The van der Waals surface area contributed by atoms with Gasteiger partial charge < -0.3 is 5.11 Å². The molecule has 2 heterocycles. The number of aromatic nitrogens is 3. The quantitative estimate of drug-likeness (QED) is 0.724. The summed E-state index contributed by atoms with van der Waals surface area (Å²) in [6.07, 6.45) is 1.60. The van der Waals surface area contributed by atoms with Gasteiger partial charge in [-0.05, 0) is 12.1 Å². The molecule has 0 fully saturated rings. The Morgan fingerprint density at radius 2 is 1.95 bits per heavy atom. The Morgan fingerprint density at radius 3 is 2.63 bits per heavy atom. The van der Waals surface area contributed by atoms with E-state index >= 15 is 0 Å². The smallest absolute Gasteiger partial charge is 0.335 e. The van der Waals surface area contributed by atoms with Gasteiger partial charge in [0.25, 0.3) is 0 Å². The van der Waals surface area contributed by atoms with Crippen molar-refractivity contribution in [2.24, 2.45) is 0 Å². The number of aromatic carboxylic acids is 1. The first-order chi connectivity index (χ1) is 9.13. The maximum absolute atomic E-state index is 11.2. The molecule has 0 amide bonds. The molecule has 2 N–H and O–H groups in total. The molecule has 19 heavy (non-hydrogen) atoms. The van der Waals surface area contributed by atoms with Crippen LogP contribution in [-0.2, 0) is 0 Å². The third-order valence-corrected chi connectivity index (χ3v) is 2.76. The minimum absolute atomic E-state index is 0.112. The van der Waals surface area contributed by atoms with E-state index < -0.39 is 5.97 Å². The minimum atomic E-state index is -0.971. The Hall–Kier alpha value is -2.89. The lowest BCUT2D eigenvalue weighted by molar-refractivity contribution is 0.0697. The van der Waals surface area contributed by atoms with Crippen molar-refractivity contribution in [1.29, 1.82) is 0 Å². The highest BCUT2D eigenvalue weighted by Crippen LogP contribution is 2.16. The number of aromatic amines is 1. The zero-order valence-electron chi connectivity index (χ0n) is 9.70. The molecule has 0 aliphatic carbocycles. The maximum Gasteiger partial charge on any atom is 0.335 e. The minimum Gasteiger partial charge on any atom is -0.478 e. The van der Waals surface area contributed by atoms with Crippen LogP contribution in [0.3, 0.4) is 0 Å². The van der Waals surface area contributed by atoms with Gasteiger partial charge in [0.1, 0.15) is 0 Å². The molecular formula is C13H9N3O3. The van der Waals surface area contributed by atoms with Crippen molar-refractivity contribution >= 4 is 11.6 Å². The van der Waals surface area contributed by atoms with Crippen molar-refractivity contribution in [3.63, 3.8) is 0 Å². The largest absolute Gasteiger partial charge is 0.478 e. The van der Waals surface area contributed by atoms with Crippen molar-refractivity contribution in [3.8, 4) is 11.4 Å². The molecule has 0 aliphatic rings. The van der Waals surface area contributed by atoms with Gasteiger partial charge in [0, 0.05) is 23.9 Å². The first-order valence-electron chi connectivity index (χ1n) is 5.56. The number of pyridine rings is 1. The summed E-state index contributed by atoms with van der Waals surface area (Å²) in [5.41, 5.74) is 1.37. The second-order valence-corrected chi connectivity index (χ2v) is 4.05. The Bertz CT molecular complexity index is 815. The lowest BCUT2D eigenvalue weighted by Crippen LogP contribution is -1.98. The summed E-state index contributed by atoms with van der Waals surface area (Å²) in [5.74, 6) is -0.399. The zero-order valence-corrected chi connectivity index (χ0v) is 9.70. The van der Waals surface area contributed by atoms with Crippen LogP contribution in [0.4, 0.5) is 0 Å². The van der Waals surface area contributed by atoms with Crippen LogP contribution in [0.2, 0.25) is 0 Å². The maximum atomic E-state index is 11.2. The number of rotatable bonds is 2. The van der Waals surface area contributed by atoms with Gasteiger partial charge in [0.15, 0.2) is 16.9 Å². The third-order valence-electron chi connectivity index (χ3n) is 2.76. The Balaban J connectivity index is 2.08. The third kappa shape index (κ3) is 1.99. The van der Waals surface area contributed by atoms with Crippen LogP contribution in [0.15, 0.2) is 47.4 Å². The van der Waals surface area contributed by atoms with Gasteiger partial charge in [-0.3, -0.25) is 9.89 Å². The lowest BCUT2D eigenvalue weighted by atomic mass is 10.1. The summed E-state index contributed by atoms with van der Waals surface area (Å²) in [5, 5.41) is 11.8. The molecule has 2 aromatic heterocycles. The van der Waals surface area contributed by atoms with Gasteiger partial charge in [0.2, 0.25) is 0 Å². The van der Waals surface area contributed by atoms with Crippen LogP contribution in [0.1, 0.15) is 10.4 Å². The summed E-state index contributed by atoms with van der Waals surface area (Å²) >= 11 is 0. The van der Waals surface area contributed by atoms with Crippen molar-refractivity contribution in [2.75, 3.05) is 0 Å². The Kier molecular flexibility index (Phi) is 2.42. The molecule has 0 bridgehead atoms. The molecule has 0 saturated carbocycles. The zero-order chi connectivity index (χ0) is 13.4. The second kappa shape index (κ2) is 4.09. The molecule has 0 atom stereocenters. The first-order valence-corrected chi connectivity index (χ1v) is 5.56. The summed E-state index contributed by atoms with van der Waals surface area (Å²) in [6.45, 7) is 0. The Morgan fingerprint density at radius 1 is 1.21 bits per heavy atom. The number of carbonyl (C=O) groups is 1. The molecule has 6 heteroatoms. The number of fused-ring (bicyclic) bond motifs is 1. The van der Waals surface area contributed by atoms with Gasteiger partial charge in [-0.25, -0.2) is 14.3 Å². The van der Waals surface area contributed by atoms with E-state index in [1.807, 2.05) is 0 Å². The standard InChI is InChI=1S/C13H9N3O3/c17-10-5-6-16-11(7-10)14-12(15-16)8-1-3-9(4-2-8)13(18)19/h1-7H,(H,14,15)(H,18,19). The van der Waals surface area contributed by atoms with Crippen LogP contribution in [0.5, 0.6) is 0 Å². The second-order valence-electron chi connectivity index (χ2n) is 4.05. The molecule has 0 unspecified atom stereocenters. The fourth-order valence-corrected chi connectivity index (χ4v) is 1.80. The SMILES string of the molecule is O=C(O)c1ccc(-c2nc3cc(=O)ccn3[nH]2)cc1. The number of nitrogens with one attached hydrogen (secondary N) is 1. The van der Waals surface area contributed by atoms with Crippen molar-refractivity contribution in [3.05, 3.63) is 58.4 Å². The number of nitrogens with zero attached hydrogens (tertiary/aromatic N) is 2. The molecular weight excluding hydrogens is 246 g/mol. The molecule has 3 aromatic rings. The molecule has 1 aromatic carbocycles. The van der Waals surface area contributed by atoms with Crippen LogP contribution in [0, 0.1) is 0 Å². The monoisotopic (exact) mass is 255 g/mol. The van der Waals surface area contributed by atoms with E-state index in [0.29, 0.717) is 11.5 Å². The predicted octanol–water partition coefficient (Wildman–Crippen LogP) is 1.39. The summed E-state index contributed by atoms with van der Waals surface area (Å²) in [6, 6.07) is 9.21. The van der Waals surface area contributed by atoms with Gasteiger partial charge >= 0.3 is 5.97 Å². The highest BCUT2D eigenvalue weighted by atomic mass is 16.4. The highest BCUT2D eigenvalue weighted by molar-refractivity contribution is 5.88. The van der Waals surface area contributed by atoms with Crippen LogP contribution < -0.4 is 5.43 Å². The van der Waals surface area contributed by atoms with Crippen LogP contribution in [-0.4, -0.2) is 25.7 Å². The first kappa shape index (κ1) is 11.2. The number of carboxylic acid groups (broad SMARTS) is 1. The van der Waals surface area contributed by atoms with E-state index in [1.165, 1.54) is 24.3 Å². The molecule has 0 radical (unpaired) electrons. The topological polar surface area (TPSA) is 87.5 Å². The van der Waals surface area contributed by atoms with Gasteiger partial charge in [0.05, 0.1) is 5.56 Å². The molecule has 6 nitrogen and oxygen atoms in total.